The molecule has 9 nitrogen and oxygen atoms in total. The van der Waals surface area contributed by atoms with E-state index in [0.29, 0.717) is 24.3 Å². The highest BCUT2D eigenvalue weighted by molar-refractivity contribution is 7.83. The lowest BCUT2D eigenvalue weighted by Crippen LogP contribution is -2.22. The Balaban J connectivity index is 1.43. The van der Waals surface area contributed by atoms with Gasteiger partial charge in [-0.3, -0.25) is 4.55 Å². The maximum atomic E-state index is 10.8. The highest BCUT2D eigenvalue weighted by atomic mass is 32.2. The molecule has 1 atom stereocenters. The van der Waals surface area contributed by atoms with Gasteiger partial charge in [-0.25, -0.2) is 0 Å². The summed E-state index contributed by atoms with van der Waals surface area (Å²) in [5.41, 5.74) is 2.99. The van der Waals surface area contributed by atoms with Crippen LogP contribution in [0.15, 0.2) is 42.5 Å². The van der Waals surface area contributed by atoms with E-state index < -0.39 is 16.4 Å². The molecule has 0 saturated carbocycles. The lowest BCUT2D eigenvalue weighted by Gasteiger charge is -2.14. The number of nitrogens with one attached hydrogen (secondary N) is 2. The highest BCUT2D eigenvalue weighted by Crippen LogP contribution is 2.22. The Morgan fingerprint density at radius 3 is 2.42 bits per heavy atom. The standard InChI is InChI=1S/C26H40N2O7S/c29-20-24-17-23(11-12-25(24)30)26(31)19-27-13-4-2-1-3-5-14-35-15-7-10-21-8-6-9-22(16-21)18-28-36(32,33)34/h6,8-9,11-12,16-17,26-31H,1-5,7,10,13-15,18-20H2,(H,32,33,34). The monoisotopic (exact) mass is 524 g/mol. The van der Waals surface area contributed by atoms with Gasteiger partial charge in [0.2, 0.25) is 0 Å². The van der Waals surface area contributed by atoms with Gasteiger partial charge in [-0.15, -0.1) is 0 Å². The molecule has 0 bridgehead atoms. The van der Waals surface area contributed by atoms with Crippen LogP contribution in [0.25, 0.3) is 0 Å². The van der Waals surface area contributed by atoms with E-state index in [2.05, 4.69) is 10.0 Å². The predicted molar refractivity (Wildman–Crippen MR) is 139 cm³/mol. The van der Waals surface area contributed by atoms with Crippen molar-refractivity contribution >= 4 is 10.3 Å². The number of aliphatic hydroxyl groups is 2. The van der Waals surface area contributed by atoms with Gasteiger partial charge in [-0.05, 0) is 61.1 Å². The fourth-order valence-corrected chi connectivity index (χ4v) is 4.18. The van der Waals surface area contributed by atoms with Gasteiger partial charge in [0.05, 0.1) is 12.7 Å². The van der Waals surface area contributed by atoms with E-state index in [4.69, 9.17) is 9.29 Å². The minimum Gasteiger partial charge on any atom is -0.508 e. The Hall–Kier alpha value is -2.05. The average Bonchev–Trinajstić information content (AvgIpc) is 2.85. The summed E-state index contributed by atoms with van der Waals surface area (Å²) in [6.45, 7) is 2.47. The summed E-state index contributed by atoms with van der Waals surface area (Å²) in [6, 6.07) is 12.4. The Morgan fingerprint density at radius 2 is 1.64 bits per heavy atom. The molecule has 202 valence electrons. The molecule has 0 aliphatic rings. The van der Waals surface area contributed by atoms with Crippen molar-refractivity contribution in [2.45, 2.75) is 64.2 Å². The lowest BCUT2D eigenvalue weighted by atomic mass is 10.1. The van der Waals surface area contributed by atoms with E-state index in [9.17, 15) is 23.7 Å². The van der Waals surface area contributed by atoms with Gasteiger partial charge in [0, 0.05) is 31.9 Å². The number of phenols is 1. The second kappa shape index (κ2) is 16.6. The number of hydrogen-bond donors (Lipinski definition) is 6. The smallest absolute Gasteiger partial charge is 0.333 e. The molecule has 2 aromatic rings. The zero-order valence-corrected chi connectivity index (χ0v) is 21.5. The van der Waals surface area contributed by atoms with Gasteiger partial charge < -0.3 is 25.4 Å². The third kappa shape index (κ3) is 12.8. The van der Waals surface area contributed by atoms with E-state index in [1.54, 1.807) is 12.1 Å². The second-order valence-electron chi connectivity index (χ2n) is 8.87. The van der Waals surface area contributed by atoms with Crippen LogP contribution in [0.4, 0.5) is 0 Å². The number of aromatic hydroxyl groups is 1. The van der Waals surface area contributed by atoms with Crippen molar-refractivity contribution in [1.82, 2.24) is 10.0 Å². The van der Waals surface area contributed by atoms with Gasteiger partial charge >= 0.3 is 10.3 Å². The van der Waals surface area contributed by atoms with Crippen LogP contribution in [0.5, 0.6) is 5.75 Å². The van der Waals surface area contributed by atoms with Gasteiger partial charge in [-0.2, -0.15) is 13.1 Å². The van der Waals surface area contributed by atoms with Gasteiger partial charge in [0.15, 0.2) is 0 Å². The first-order valence-corrected chi connectivity index (χ1v) is 13.9. The van der Waals surface area contributed by atoms with Crippen LogP contribution in [-0.2, 0) is 34.6 Å². The average molecular weight is 525 g/mol. The van der Waals surface area contributed by atoms with Gasteiger partial charge in [-0.1, -0.05) is 49.6 Å². The molecule has 0 aliphatic carbocycles. The summed E-state index contributed by atoms with van der Waals surface area (Å²) >= 11 is 0. The Morgan fingerprint density at radius 1 is 0.917 bits per heavy atom. The lowest BCUT2D eigenvalue weighted by molar-refractivity contribution is 0.127. The molecule has 10 heteroatoms. The molecular formula is C26H40N2O7S. The summed E-state index contributed by atoms with van der Waals surface area (Å²) in [6.07, 6.45) is 6.47. The minimum absolute atomic E-state index is 0.0315. The molecule has 0 heterocycles. The predicted octanol–water partition coefficient (Wildman–Crippen LogP) is 3.00. The Bertz CT molecular complexity index is 1000. The first-order chi connectivity index (χ1) is 17.3. The van der Waals surface area contributed by atoms with Crippen LogP contribution in [0, 0.1) is 0 Å². The number of aryl methyl sites for hydroxylation is 1. The molecule has 0 amide bonds. The minimum atomic E-state index is -4.19. The quantitative estimate of drug-likeness (QED) is 0.121. The molecule has 0 saturated heterocycles. The fourth-order valence-electron chi connectivity index (χ4n) is 3.83. The van der Waals surface area contributed by atoms with E-state index in [-0.39, 0.29) is 18.9 Å². The molecule has 2 aromatic carbocycles. The van der Waals surface area contributed by atoms with Crippen molar-refractivity contribution in [1.29, 1.82) is 0 Å². The number of hydrogen-bond acceptors (Lipinski definition) is 7. The SMILES string of the molecule is O=S(=O)(O)NCc1cccc(CCCOCCCCCCCNCC(O)c2ccc(O)c(CO)c2)c1. The Kier molecular flexibility index (Phi) is 14.0. The summed E-state index contributed by atoms with van der Waals surface area (Å²) < 4.78 is 38.1. The fraction of sp³-hybridized carbons (Fsp3) is 0.538. The van der Waals surface area contributed by atoms with Gasteiger partial charge in [0.1, 0.15) is 5.75 Å². The largest absolute Gasteiger partial charge is 0.508 e. The van der Waals surface area contributed by atoms with Crippen LogP contribution < -0.4 is 10.0 Å². The topological polar surface area (TPSA) is 148 Å². The molecule has 0 aromatic heterocycles. The summed E-state index contributed by atoms with van der Waals surface area (Å²) in [5.74, 6) is 0.0315. The van der Waals surface area contributed by atoms with Crippen molar-refractivity contribution in [3.63, 3.8) is 0 Å². The summed E-state index contributed by atoms with van der Waals surface area (Å²) in [5, 5.41) is 32.3. The number of ether oxygens (including phenoxy) is 1. The zero-order valence-electron chi connectivity index (χ0n) is 20.7. The molecule has 0 spiro atoms. The molecular weight excluding hydrogens is 484 g/mol. The summed E-state index contributed by atoms with van der Waals surface area (Å²) in [4.78, 5) is 0. The Labute approximate surface area is 214 Å². The van der Waals surface area contributed by atoms with Crippen LogP contribution >= 0.6 is 0 Å². The highest BCUT2D eigenvalue weighted by Gasteiger charge is 2.10. The van der Waals surface area contributed by atoms with Gasteiger partial charge in [0.25, 0.3) is 0 Å². The molecule has 36 heavy (non-hydrogen) atoms. The number of rotatable bonds is 19. The van der Waals surface area contributed by atoms with E-state index in [1.165, 1.54) is 6.07 Å². The van der Waals surface area contributed by atoms with Crippen molar-refractivity contribution in [3.05, 3.63) is 64.7 Å². The van der Waals surface area contributed by atoms with Crippen LogP contribution in [0.1, 0.15) is 66.9 Å². The van der Waals surface area contributed by atoms with Crippen molar-refractivity contribution < 1.29 is 33.0 Å². The van der Waals surface area contributed by atoms with E-state index in [1.807, 2.05) is 24.3 Å². The first kappa shape index (κ1) is 30.2. The third-order valence-electron chi connectivity index (χ3n) is 5.84. The molecule has 0 aliphatic heterocycles. The maximum Gasteiger partial charge on any atom is 0.333 e. The third-order valence-corrected chi connectivity index (χ3v) is 6.35. The number of unbranched alkanes of at least 4 members (excludes halogenated alkanes) is 4. The number of benzene rings is 2. The normalized spacial score (nSPS) is 12.6. The van der Waals surface area contributed by atoms with Crippen molar-refractivity contribution in [3.8, 4) is 5.75 Å². The maximum absolute atomic E-state index is 10.8. The molecule has 6 N–H and O–H groups in total. The molecule has 1 unspecified atom stereocenters. The van der Waals surface area contributed by atoms with Crippen LogP contribution in [-0.4, -0.2) is 54.6 Å². The number of aliphatic hydroxyl groups excluding tert-OH is 2. The van der Waals surface area contributed by atoms with E-state index in [0.717, 1.165) is 69.2 Å². The van der Waals surface area contributed by atoms with Crippen molar-refractivity contribution in [2.24, 2.45) is 0 Å². The molecule has 0 radical (unpaired) electrons. The van der Waals surface area contributed by atoms with Crippen molar-refractivity contribution in [2.75, 3.05) is 26.3 Å². The zero-order chi connectivity index (χ0) is 26.2. The molecule has 0 fully saturated rings. The summed E-state index contributed by atoms with van der Waals surface area (Å²) in [7, 11) is -4.19. The second-order valence-corrected chi connectivity index (χ2v) is 10.1. The molecule has 2 rings (SSSR count). The van der Waals surface area contributed by atoms with Crippen LogP contribution in [0.3, 0.4) is 0 Å². The van der Waals surface area contributed by atoms with E-state index >= 15 is 0 Å². The first-order valence-electron chi connectivity index (χ1n) is 12.5. The van der Waals surface area contributed by atoms with Crippen LogP contribution in [0.2, 0.25) is 0 Å².